The van der Waals surface area contributed by atoms with E-state index < -0.39 is 11.6 Å². The molecule has 0 amide bonds. The molecule has 1 aromatic rings. The lowest BCUT2D eigenvalue weighted by molar-refractivity contribution is 0.584. The Bertz CT molecular complexity index is 424. The van der Waals surface area contributed by atoms with Crippen LogP contribution >= 0.6 is 12.2 Å². The van der Waals surface area contributed by atoms with Crippen LogP contribution in [-0.4, -0.2) is 11.1 Å². The van der Waals surface area contributed by atoms with Crippen LogP contribution in [0.2, 0.25) is 0 Å². The average molecular weight is 244 g/mol. The van der Waals surface area contributed by atoms with E-state index in [-0.39, 0.29) is 16.8 Å². The molecule has 0 spiro atoms. The first kappa shape index (κ1) is 12.3. The van der Waals surface area contributed by atoms with Crippen LogP contribution in [-0.2, 0) is 0 Å². The van der Waals surface area contributed by atoms with Gasteiger partial charge in [-0.3, -0.25) is 5.41 Å². The fourth-order valence-corrected chi connectivity index (χ4v) is 1.34. The van der Waals surface area contributed by atoms with Crippen molar-refractivity contribution in [2.45, 2.75) is 6.92 Å². The van der Waals surface area contributed by atoms with Gasteiger partial charge in [0.05, 0.1) is 5.69 Å². The molecule has 0 heterocycles. The minimum atomic E-state index is -0.759. The van der Waals surface area contributed by atoms with Gasteiger partial charge in [-0.05, 0) is 30.8 Å². The highest BCUT2D eigenvalue weighted by molar-refractivity contribution is 7.80. The standard InChI is InChI=1S/C9H10F2N4S/c1-4-2-5(10)3-6(11)7(4)14-9(16)15-8(12)13/h2-3H,1H3,(H5,12,13,14,15,16). The van der Waals surface area contributed by atoms with Gasteiger partial charge in [0, 0.05) is 6.07 Å². The van der Waals surface area contributed by atoms with Crippen LogP contribution in [0.15, 0.2) is 12.1 Å². The third kappa shape index (κ3) is 3.13. The Hall–Kier alpha value is -1.76. The number of guanidine groups is 1. The van der Waals surface area contributed by atoms with Crippen molar-refractivity contribution < 1.29 is 8.78 Å². The van der Waals surface area contributed by atoms with E-state index in [4.69, 9.17) is 23.4 Å². The summed E-state index contributed by atoms with van der Waals surface area (Å²) in [7, 11) is 0. The van der Waals surface area contributed by atoms with E-state index in [0.29, 0.717) is 5.56 Å². The van der Waals surface area contributed by atoms with Crippen molar-refractivity contribution in [3.8, 4) is 0 Å². The third-order valence-corrected chi connectivity index (χ3v) is 1.94. The first-order valence-corrected chi connectivity index (χ1v) is 4.68. The molecule has 1 aromatic carbocycles. The number of rotatable bonds is 1. The zero-order chi connectivity index (χ0) is 12.3. The summed E-state index contributed by atoms with van der Waals surface area (Å²) < 4.78 is 26.1. The molecular weight excluding hydrogens is 234 g/mol. The number of benzene rings is 1. The number of anilines is 1. The largest absolute Gasteiger partial charge is 0.370 e. The predicted molar refractivity (Wildman–Crippen MR) is 62.4 cm³/mol. The van der Waals surface area contributed by atoms with Gasteiger partial charge in [0.2, 0.25) is 0 Å². The summed E-state index contributed by atoms with van der Waals surface area (Å²) in [6, 6.07) is 1.91. The molecular formula is C9H10F2N4S. The van der Waals surface area contributed by atoms with Crippen molar-refractivity contribution in [3.05, 3.63) is 29.3 Å². The van der Waals surface area contributed by atoms with Crippen LogP contribution in [0.3, 0.4) is 0 Å². The van der Waals surface area contributed by atoms with Crippen molar-refractivity contribution in [2.75, 3.05) is 5.32 Å². The molecule has 7 heteroatoms. The topological polar surface area (TPSA) is 73.9 Å². The molecule has 0 unspecified atom stereocenters. The van der Waals surface area contributed by atoms with Crippen LogP contribution in [0.25, 0.3) is 0 Å². The van der Waals surface area contributed by atoms with Gasteiger partial charge >= 0.3 is 0 Å². The molecule has 0 aliphatic carbocycles. The summed E-state index contributed by atoms with van der Waals surface area (Å²) in [5.41, 5.74) is 5.46. The third-order valence-electron chi connectivity index (χ3n) is 1.74. The number of nitrogens with one attached hydrogen (secondary N) is 3. The Morgan fingerprint density at radius 1 is 1.44 bits per heavy atom. The summed E-state index contributed by atoms with van der Waals surface area (Å²) in [4.78, 5) is 0. The number of hydrogen-bond donors (Lipinski definition) is 4. The highest BCUT2D eigenvalue weighted by Crippen LogP contribution is 2.20. The first-order valence-electron chi connectivity index (χ1n) is 4.28. The second kappa shape index (κ2) is 4.84. The minimum absolute atomic E-state index is 0.0268. The minimum Gasteiger partial charge on any atom is -0.370 e. The maximum absolute atomic E-state index is 13.3. The van der Waals surface area contributed by atoms with E-state index in [2.05, 4.69) is 10.6 Å². The molecule has 1 rings (SSSR count). The van der Waals surface area contributed by atoms with Crippen molar-refractivity contribution in [2.24, 2.45) is 5.73 Å². The summed E-state index contributed by atoms with van der Waals surface area (Å²) in [6.07, 6.45) is 0. The molecule has 0 fully saturated rings. The van der Waals surface area contributed by atoms with Gasteiger partial charge in [-0.15, -0.1) is 0 Å². The molecule has 0 saturated carbocycles. The van der Waals surface area contributed by atoms with Gasteiger partial charge in [-0.25, -0.2) is 8.78 Å². The quantitative estimate of drug-likeness (QED) is 0.343. The van der Waals surface area contributed by atoms with E-state index in [1.165, 1.54) is 13.0 Å². The number of halogens is 2. The monoisotopic (exact) mass is 244 g/mol. The lowest BCUT2D eigenvalue weighted by atomic mass is 10.2. The lowest BCUT2D eigenvalue weighted by Crippen LogP contribution is -2.38. The van der Waals surface area contributed by atoms with E-state index in [0.717, 1.165) is 6.07 Å². The van der Waals surface area contributed by atoms with Crippen LogP contribution in [0.4, 0.5) is 14.5 Å². The second-order valence-corrected chi connectivity index (χ2v) is 3.48. The zero-order valence-corrected chi connectivity index (χ0v) is 9.21. The molecule has 4 nitrogen and oxygen atoms in total. The Morgan fingerprint density at radius 3 is 2.56 bits per heavy atom. The molecule has 86 valence electrons. The molecule has 0 bridgehead atoms. The van der Waals surface area contributed by atoms with Crippen LogP contribution in [0, 0.1) is 24.0 Å². The van der Waals surface area contributed by atoms with E-state index in [1.54, 1.807) is 0 Å². The zero-order valence-electron chi connectivity index (χ0n) is 8.40. The van der Waals surface area contributed by atoms with Gasteiger partial charge in [-0.1, -0.05) is 0 Å². The van der Waals surface area contributed by atoms with E-state index in [9.17, 15) is 8.78 Å². The van der Waals surface area contributed by atoms with Crippen LogP contribution in [0.1, 0.15) is 5.56 Å². The smallest absolute Gasteiger partial charge is 0.192 e. The lowest BCUT2D eigenvalue weighted by Gasteiger charge is -2.12. The maximum atomic E-state index is 13.3. The Kier molecular flexibility index (Phi) is 3.73. The van der Waals surface area contributed by atoms with Gasteiger partial charge in [0.25, 0.3) is 0 Å². The average Bonchev–Trinajstić information content (AvgIpc) is 2.09. The summed E-state index contributed by atoms with van der Waals surface area (Å²) in [6.45, 7) is 1.53. The molecule has 0 radical (unpaired) electrons. The van der Waals surface area contributed by atoms with Gasteiger partial charge in [0.1, 0.15) is 11.6 Å². The van der Waals surface area contributed by atoms with E-state index >= 15 is 0 Å². The summed E-state index contributed by atoms with van der Waals surface area (Å²) in [5, 5.41) is 11.7. The first-order chi connectivity index (χ1) is 7.40. The second-order valence-electron chi connectivity index (χ2n) is 3.07. The molecule has 0 aromatic heterocycles. The van der Waals surface area contributed by atoms with Crippen LogP contribution < -0.4 is 16.4 Å². The fraction of sp³-hybridized carbons (Fsp3) is 0.111. The van der Waals surface area contributed by atoms with Gasteiger partial charge in [-0.2, -0.15) is 0 Å². The fourth-order valence-electron chi connectivity index (χ4n) is 1.13. The number of aryl methyl sites for hydroxylation is 1. The van der Waals surface area contributed by atoms with Crippen LogP contribution in [0.5, 0.6) is 0 Å². The predicted octanol–water partition coefficient (Wildman–Crippen LogP) is 1.45. The van der Waals surface area contributed by atoms with Gasteiger partial charge in [0.15, 0.2) is 11.1 Å². The summed E-state index contributed by atoms with van der Waals surface area (Å²) in [5.74, 6) is -1.78. The molecule has 0 aliphatic rings. The highest BCUT2D eigenvalue weighted by Gasteiger charge is 2.09. The number of thiocarbonyl (C=S) groups is 1. The Labute approximate surface area is 96.3 Å². The number of hydrogen-bond acceptors (Lipinski definition) is 2. The summed E-state index contributed by atoms with van der Waals surface area (Å²) >= 11 is 4.76. The number of nitrogens with two attached hydrogens (primary N) is 1. The molecule has 0 atom stereocenters. The molecule has 0 saturated heterocycles. The molecule has 0 aliphatic heterocycles. The van der Waals surface area contributed by atoms with E-state index in [1.807, 2.05) is 0 Å². The maximum Gasteiger partial charge on any atom is 0.192 e. The molecule has 5 N–H and O–H groups in total. The Balaban J connectivity index is 2.89. The Morgan fingerprint density at radius 2 is 2.06 bits per heavy atom. The van der Waals surface area contributed by atoms with Crippen molar-refractivity contribution in [1.82, 2.24) is 5.32 Å². The van der Waals surface area contributed by atoms with Crippen molar-refractivity contribution >= 4 is 29.0 Å². The van der Waals surface area contributed by atoms with Crippen molar-refractivity contribution in [1.29, 1.82) is 5.41 Å². The molecule has 16 heavy (non-hydrogen) atoms. The normalized spacial score (nSPS) is 9.69. The van der Waals surface area contributed by atoms with Gasteiger partial charge < -0.3 is 16.4 Å². The van der Waals surface area contributed by atoms with Crippen molar-refractivity contribution in [3.63, 3.8) is 0 Å². The SMILES string of the molecule is Cc1cc(F)cc(F)c1NC(=S)NC(=N)N. The highest BCUT2D eigenvalue weighted by atomic mass is 32.1.